The molecule has 128 valence electrons. The maximum Gasteiger partial charge on any atom is 0.337 e. The topological polar surface area (TPSA) is 63.7 Å². The Kier molecular flexibility index (Phi) is 5.79. The molecule has 5 nitrogen and oxygen atoms in total. The highest BCUT2D eigenvalue weighted by molar-refractivity contribution is 9.10. The first-order valence-corrected chi connectivity index (χ1v) is 9.39. The molecule has 0 aromatic heterocycles. The lowest BCUT2D eigenvalue weighted by Crippen LogP contribution is -2.27. The minimum absolute atomic E-state index is 0.171. The molecule has 0 bridgehead atoms. The number of rotatable bonds is 5. The SMILES string of the molecule is COC(=O)c1ccc(S(=O)(=O)N(C)Cc2ccccc2Br)c(C)c1. The number of nitrogens with zero attached hydrogens (tertiary/aromatic N) is 1. The van der Waals surface area contributed by atoms with Gasteiger partial charge in [-0.05, 0) is 42.3 Å². The van der Waals surface area contributed by atoms with Crippen molar-refractivity contribution in [1.29, 1.82) is 0 Å². The summed E-state index contributed by atoms with van der Waals surface area (Å²) in [4.78, 5) is 11.7. The molecule has 0 aliphatic carbocycles. The van der Waals surface area contributed by atoms with Crippen LogP contribution in [0.25, 0.3) is 0 Å². The monoisotopic (exact) mass is 411 g/mol. The standard InChI is InChI=1S/C17H18BrNO4S/c1-12-10-13(17(20)23-3)8-9-16(12)24(21,22)19(2)11-14-6-4-5-7-15(14)18/h4-10H,11H2,1-3H3. The Balaban J connectivity index is 2.33. The van der Waals surface area contributed by atoms with E-state index >= 15 is 0 Å². The lowest BCUT2D eigenvalue weighted by molar-refractivity contribution is 0.0600. The van der Waals surface area contributed by atoms with Crippen molar-refractivity contribution in [3.63, 3.8) is 0 Å². The van der Waals surface area contributed by atoms with E-state index in [9.17, 15) is 13.2 Å². The normalized spacial score (nSPS) is 11.5. The summed E-state index contributed by atoms with van der Waals surface area (Å²) < 4.78 is 32.4. The van der Waals surface area contributed by atoms with Crippen molar-refractivity contribution in [2.75, 3.05) is 14.2 Å². The third kappa shape index (κ3) is 3.85. The molecule has 0 unspecified atom stereocenters. The van der Waals surface area contributed by atoms with Crippen LogP contribution in [-0.4, -0.2) is 32.8 Å². The second-order valence-corrected chi connectivity index (χ2v) is 8.19. The highest BCUT2D eigenvalue weighted by atomic mass is 79.9. The Morgan fingerprint density at radius 3 is 2.46 bits per heavy atom. The molecule has 0 aliphatic heterocycles. The number of ether oxygens (including phenoxy) is 1. The number of benzene rings is 2. The number of methoxy groups -OCH3 is 1. The van der Waals surface area contributed by atoms with Crippen molar-refractivity contribution in [3.05, 3.63) is 63.6 Å². The molecule has 0 saturated heterocycles. The number of hydrogen-bond donors (Lipinski definition) is 0. The molecular weight excluding hydrogens is 394 g/mol. The molecule has 0 atom stereocenters. The summed E-state index contributed by atoms with van der Waals surface area (Å²) in [6.45, 7) is 1.90. The summed E-state index contributed by atoms with van der Waals surface area (Å²) in [6, 6.07) is 11.9. The Bertz CT molecular complexity index is 865. The minimum Gasteiger partial charge on any atom is -0.465 e. The number of halogens is 1. The van der Waals surface area contributed by atoms with Crippen molar-refractivity contribution in [2.45, 2.75) is 18.4 Å². The largest absolute Gasteiger partial charge is 0.465 e. The van der Waals surface area contributed by atoms with Crippen LogP contribution in [0.15, 0.2) is 51.8 Å². The Morgan fingerprint density at radius 1 is 1.21 bits per heavy atom. The fourth-order valence-electron chi connectivity index (χ4n) is 2.30. The van der Waals surface area contributed by atoms with Crippen LogP contribution in [0.5, 0.6) is 0 Å². The smallest absolute Gasteiger partial charge is 0.337 e. The van der Waals surface area contributed by atoms with E-state index in [2.05, 4.69) is 20.7 Å². The van der Waals surface area contributed by atoms with E-state index in [1.54, 1.807) is 6.92 Å². The number of sulfonamides is 1. The van der Waals surface area contributed by atoms with E-state index in [4.69, 9.17) is 0 Å². The van der Waals surface area contributed by atoms with Gasteiger partial charge in [-0.15, -0.1) is 0 Å². The van der Waals surface area contributed by atoms with Gasteiger partial charge in [-0.1, -0.05) is 34.1 Å². The van der Waals surface area contributed by atoms with Crippen molar-refractivity contribution in [1.82, 2.24) is 4.31 Å². The zero-order valence-electron chi connectivity index (χ0n) is 13.6. The fraction of sp³-hybridized carbons (Fsp3) is 0.235. The molecule has 0 saturated carbocycles. The molecule has 0 fully saturated rings. The maximum absolute atomic E-state index is 12.8. The summed E-state index contributed by atoms with van der Waals surface area (Å²) in [5.41, 5.74) is 1.69. The number of carbonyl (C=O) groups excluding carboxylic acids is 1. The molecule has 2 aromatic rings. The molecular formula is C17H18BrNO4S. The molecule has 0 heterocycles. The summed E-state index contributed by atoms with van der Waals surface area (Å²) >= 11 is 3.42. The first kappa shape index (κ1) is 18.6. The van der Waals surface area contributed by atoms with Crippen LogP contribution in [0.4, 0.5) is 0 Å². The molecule has 2 aromatic carbocycles. The quantitative estimate of drug-likeness (QED) is 0.707. The third-order valence-corrected chi connectivity index (χ3v) is 6.37. The predicted octanol–water partition coefficient (Wildman–Crippen LogP) is 3.36. The zero-order chi connectivity index (χ0) is 17.9. The van der Waals surface area contributed by atoms with Gasteiger partial charge in [0.2, 0.25) is 10.0 Å². The molecule has 24 heavy (non-hydrogen) atoms. The summed E-state index contributed by atoms with van der Waals surface area (Å²) in [6.07, 6.45) is 0. The van der Waals surface area contributed by atoms with E-state index in [0.717, 1.165) is 10.0 Å². The minimum atomic E-state index is -3.67. The second kappa shape index (κ2) is 7.46. The van der Waals surface area contributed by atoms with Gasteiger partial charge < -0.3 is 4.74 Å². The van der Waals surface area contributed by atoms with Gasteiger partial charge in [0.15, 0.2) is 0 Å². The van der Waals surface area contributed by atoms with Crippen molar-refractivity contribution in [3.8, 4) is 0 Å². The van der Waals surface area contributed by atoms with Crippen LogP contribution in [0.2, 0.25) is 0 Å². The molecule has 0 aliphatic rings. The van der Waals surface area contributed by atoms with Gasteiger partial charge in [0.1, 0.15) is 0 Å². The van der Waals surface area contributed by atoms with Gasteiger partial charge in [-0.3, -0.25) is 0 Å². The molecule has 2 rings (SSSR count). The number of esters is 1. The maximum atomic E-state index is 12.8. The highest BCUT2D eigenvalue weighted by Crippen LogP contribution is 2.24. The molecule has 0 spiro atoms. The molecule has 0 amide bonds. The number of carbonyl (C=O) groups is 1. The van der Waals surface area contributed by atoms with E-state index in [-0.39, 0.29) is 11.4 Å². The van der Waals surface area contributed by atoms with Crippen LogP contribution in [0.3, 0.4) is 0 Å². The number of aryl methyl sites for hydroxylation is 1. The van der Waals surface area contributed by atoms with Gasteiger partial charge in [-0.25, -0.2) is 13.2 Å². The number of hydrogen-bond acceptors (Lipinski definition) is 4. The Labute approximate surface area is 150 Å². The molecule has 7 heteroatoms. The predicted molar refractivity (Wildman–Crippen MR) is 95.3 cm³/mol. The highest BCUT2D eigenvalue weighted by Gasteiger charge is 2.24. The van der Waals surface area contributed by atoms with Gasteiger partial charge >= 0.3 is 5.97 Å². The first-order chi connectivity index (χ1) is 11.3. The van der Waals surface area contributed by atoms with Crippen LogP contribution < -0.4 is 0 Å². The Hall–Kier alpha value is -1.70. The van der Waals surface area contributed by atoms with E-state index in [1.165, 1.54) is 36.7 Å². The molecule has 0 radical (unpaired) electrons. The van der Waals surface area contributed by atoms with Crippen LogP contribution in [0, 0.1) is 6.92 Å². The average molecular weight is 412 g/mol. The lowest BCUT2D eigenvalue weighted by Gasteiger charge is -2.19. The van der Waals surface area contributed by atoms with E-state index in [0.29, 0.717) is 11.1 Å². The van der Waals surface area contributed by atoms with Gasteiger partial charge in [0.25, 0.3) is 0 Å². The van der Waals surface area contributed by atoms with Gasteiger partial charge in [0, 0.05) is 18.1 Å². The second-order valence-electron chi connectivity index (χ2n) is 5.32. The van der Waals surface area contributed by atoms with Crippen molar-refractivity contribution < 1.29 is 17.9 Å². The van der Waals surface area contributed by atoms with Crippen LogP contribution >= 0.6 is 15.9 Å². The first-order valence-electron chi connectivity index (χ1n) is 7.16. The van der Waals surface area contributed by atoms with Crippen molar-refractivity contribution >= 4 is 31.9 Å². The van der Waals surface area contributed by atoms with Gasteiger partial charge in [0.05, 0.1) is 17.6 Å². The molecule has 0 N–H and O–H groups in total. The van der Waals surface area contributed by atoms with Gasteiger partial charge in [-0.2, -0.15) is 4.31 Å². The van der Waals surface area contributed by atoms with E-state index in [1.807, 2.05) is 24.3 Å². The summed E-state index contributed by atoms with van der Waals surface area (Å²) in [5.74, 6) is -0.497. The summed E-state index contributed by atoms with van der Waals surface area (Å²) in [5, 5.41) is 0. The average Bonchev–Trinajstić information content (AvgIpc) is 2.55. The third-order valence-electron chi connectivity index (χ3n) is 3.64. The zero-order valence-corrected chi connectivity index (χ0v) is 16.0. The fourth-order valence-corrected chi connectivity index (χ4v) is 4.06. The lowest BCUT2D eigenvalue weighted by atomic mass is 10.1. The Morgan fingerprint density at radius 2 is 1.88 bits per heavy atom. The van der Waals surface area contributed by atoms with Crippen molar-refractivity contribution in [2.24, 2.45) is 0 Å². The van der Waals surface area contributed by atoms with Crippen LogP contribution in [0.1, 0.15) is 21.5 Å². The summed E-state index contributed by atoms with van der Waals surface area (Å²) in [7, 11) is -0.858. The van der Waals surface area contributed by atoms with Crippen LogP contribution in [-0.2, 0) is 21.3 Å². The van der Waals surface area contributed by atoms with E-state index < -0.39 is 16.0 Å².